The first-order valence-electron chi connectivity index (χ1n) is 5.98. The van der Waals surface area contributed by atoms with E-state index in [4.69, 9.17) is 0 Å². The highest BCUT2D eigenvalue weighted by molar-refractivity contribution is 5.98. The zero-order valence-electron chi connectivity index (χ0n) is 10.9. The van der Waals surface area contributed by atoms with Crippen LogP contribution in [0.3, 0.4) is 0 Å². The molecule has 2 aliphatic heterocycles. The predicted molar refractivity (Wildman–Crippen MR) is 69.1 cm³/mol. The fourth-order valence-electron chi connectivity index (χ4n) is 2.76. The summed E-state index contributed by atoms with van der Waals surface area (Å²) in [5.74, 6) is 0.430. The molecule has 2 heterocycles. The number of carbonyl (C=O) groups excluding carboxylic acids is 1. The van der Waals surface area contributed by atoms with Crippen molar-refractivity contribution in [1.82, 2.24) is 9.80 Å². The molecule has 2 aliphatic rings. The fourth-order valence-corrected chi connectivity index (χ4v) is 2.76. The Bertz CT molecular complexity index is 424. The van der Waals surface area contributed by atoms with E-state index < -0.39 is 0 Å². The molecule has 92 valence electrons. The normalized spacial score (nSPS) is 34.2. The van der Waals surface area contributed by atoms with Crippen LogP contribution < -0.4 is 0 Å². The molecule has 0 saturated carbocycles. The molecular weight excluding hydrogens is 212 g/mol. The second-order valence-corrected chi connectivity index (χ2v) is 5.12. The predicted octanol–water partition coefficient (Wildman–Crippen LogP) is 2.14. The van der Waals surface area contributed by atoms with Gasteiger partial charge in [0.15, 0.2) is 0 Å². The zero-order valence-corrected chi connectivity index (χ0v) is 10.9. The SMILES string of the molecule is C=C1C(=C)N(C)C2CC(C)C(=C)C(C)N2C1=O. The van der Waals surface area contributed by atoms with Crippen molar-refractivity contribution in [2.24, 2.45) is 5.92 Å². The molecule has 0 N–H and O–H groups in total. The van der Waals surface area contributed by atoms with Gasteiger partial charge in [-0.1, -0.05) is 32.2 Å². The maximum Gasteiger partial charge on any atom is 0.257 e. The second kappa shape index (κ2) is 3.76. The number of fused-ring (bicyclic) bond motifs is 1. The number of piperidine rings is 1. The van der Waals surface area contributed by atoms with Crippen LogP contribution in [0.4, 0.5) is 0 Å². The van der Waals surface area contributed by atoms with Crippen LogP contribution in [0.5, 0.6) is 0 Å². The molecule has 0 aromatic heterocycles. The Morgan fingerprint density at radius 3 is 2.41 bits per heavy atom. The average molecular weight is 232 g/mol. The standard InChI is InChI=1S/C14H20N2O/c1-8-7-13-15(6)11(4)10(3)14(17)16(13)12(5)9(8)2/h8,12-13H,2-4,7H2,1,5-6H3. The minimum atomic E-state index is -0.00125. The van der Waals surface area contributed by atoms with E-state index in [0.717, 1.165) is 17.7 Å². The van der Waals surface area contributed by atoms with Crippen LogP contribution in [0.25, 0.3) is 0 Å². The van der Waals surface area contributed by atoms with Gasteiger partial charge in [0.25, 0.3) is 5.91 Å². The van der Waals surface area contributed by atoms with Crippen molar-refractivity contribution in [3.05, 3.63) is 36.6 Å². The maximum absolute atomic E-state index is 12.3. The van der Waals surface area contributed by atoms with Gasteiger partial charge in [0, 0.05) is 12.7 Å². The summed E-state index contributed by atoms with van der Waals surface area (Å²) in [6, 6.07) is 0.0727. The fraction of sp³-hybridized carbons (Fsp3) is 0.500. The highest BCUT2D eigenvalue weighted by atomic mass is 16.2. The van der Waals surface area contributed by atoms with Crippen molar-refractivity contribution in [3.8, 4) is 0 Å². The summed E-state index contributed by atoms with van der Waals surface area (Å²) in [6.07, 6.45) is 1.01. The molecule has 2 rings (SSSR count). The van der Waals surface area contributed by atoms with E-state index >= 15 is 0 Å². The number of likely N-dealkylation sites (N-methyl/N-ethyl adjacent to an activating group) is 1. The van der Waals surface area contributed by atoms with Crippen molar-refractivity contribution >= 4 is 5.91 Å². The summed E-state index contributed by atoms with van der Waals surface area (Å²) in [5, 5.41) is 0. The lowest BCUT2D eigenvalue weighted by Crippen LogP contribution is -2.61. The summed E-state index contributed by atoms with van der Waals surface area (Å²) in [4.78, 5) is 16.2. The van der Waals surface area contributed by atoms with Crippen LogP contribution >= 0.6 is 0 Å². The Morgan fingerprint density at radius 1 is 1.24 bits per heavy atom. The lowest BCUT2D eigenvalue weighted by atomic mass is 9.84. The molecule has 0 spiro atoms. The lowest BCUT2D eigenvalue weighted by molar-refractivity contribution is -0.139. The third-order valence-electron chi connectivity index (χ3n) is 4.19. The van der Waals surface area contributed by atoms with Crippen molar-refractivity contribution in [2.75, 3.05) is 7.05 Å². The number of amides is 1. The monoisotopic (exact) mass is 232 g/mol. The number of hydrogen-bond acceptors (Lipinski definition) is 2. The molecule has 3 nitrogen and oxygen atoms in total. The van der Waals surface area contributed by atoms with Crippen LogP contribution in [0.15, 0.2) is 36.6 Å². The van der Waals surface area contributed by atoms with Crippen LogP contribution in [-0.2, 0) is 4.79 Å². The highest BCUT2D eigenvalue weighted by Gasteiger charge is 2.44. The van der Waals surface area contributed by atoms with Crippen molar-refractivity contribution in [2.45, 2.75) is 32.5 Å². The van der Waals surface area contributed by atoms with Gasteiger partial charge in [-0.15, -0.1) is 0 Å². The summed E-state index contributed by atoms with van der Waals surface area (Å²) in [5.41, 5.74) is 2.37. The van der Waals surface area contributed by atoms with Crippen LogP contribution in [-0.4, -0.2) is 35.0 Å². The Kier molecular flexibility index (Phi) is 2.64. The van der Waals surface area contributed by atoms with Gasteiger partial charge in [0.2, 0.25) is 0 Å². The molecule has 3 unspecified atom stereocenters. The van der Waals surface area contributed by atoms with Gasteiger partial charge in [0.1, 0.15) is 6.17 Å². The van der Waals surface area contributed by atoms with Gasteiger partial charge >= 0.3 is 0 Å². The molecule has 17 heavy (non-hydrogen) atoms. The second-order valence-electron chi connectivity index (χ2n) is 5.12. The molecule has 0 aromatic rings. The number of nitrogens with zero attached hydrogens (tertiary/aromatic N) is 2. The maximum atomic E-state index is 12.3. The van der Waals surface area contributed by atoms with Crippen molar-refractivity contribution < 1.29 is 4.79 Å². The van der Waals surface area contributed by atoms with E-state index in [2.05, 4.69) is 31.6 Å². The van der Waals surface area contributed by atoms with Crippen LogP contribution in [0.1, 0.15) is 20.3 Å². The average Bonchev–Trinajstić information content (AvgIpc) is 2.30. The Labute approximate surface area is 103 Å². The van der Waals surface area contributed by atoms with E-state index in [-0.39, 0.29) is 18.1 Å². The quantitative estimate of drug-likeness (QED) is 0.472. The topological polar surface area (TPSA) is 23.6 Å². The van der Waals surface area contributed by atoms with E-state index in [9.17, 15) is 4.79 Å². The molecular formula is C14H20N2O. The number of hydrogen-bond donors (Lipinski definition) is 0. The molecule has 2 fully saturated rings. The first-order chi connectivity index (χ1) is 7.86. The third kappa shape index (κ3) is 1.53. The number of carbonyl (C=O) groups is 1. The molecule has 0 radical (unpaired) electrons. The summed E-state index contributed by atoms with van der Waals surface area (Å²) >= 11 is 0. The van der Waals surface area contributed by atoms with Gasteiger partial charge in [-0.3, -0.25) is 4.79 Å². The molecule has 0 aliphatic carbocycles. The van der Waals surface area contributed by atoms with Gasteiger partial charge in [-0.2, -0.15) is 0 Å². The van der Waals surface area contributed by atoms with Crippen LogP contribution in [0.2, 0.25) is 0 Å². The van der Waals surface area contributed by atoms with Gasteiger partial charge < -0.3 is 9.80 Å². The minimum Gasteiger partial charge on any atom is -0.354 e. The van der Waals surface area contributed by atoms with E-state index in [1.807, 2.05) is 18.9 Å². The van der Waals surface area contributed by atoms with Crippen LogP contribution in [0, 0.1) is 5.92 Å². The third-order valence-corrected chi connectivity index (χ3v) is 4.19. The molecule has 0 bridgehead atoms. The Hall–Kier alpha value is -1.51. The first-order valence-corrected chi connectivity index (χ1v) is 5.98. The van der Waals surface area contributed by atoms with E-state index in [1.165, 1.54) is 0 Å². The van der Waals surface area contributed by atoms with E-state index in [0.29, 0.717) is 11.5 Å². The van der Waals surface area contributed by atoms with Gasteiger partial charge in [-0.05, 0) is 19.3 Å². The molecule has 2 saturated heterocycles. The van der Waals surface area contributed by atoms with Gasteiger partial charge in [-0.25, -0.2) is 0 Å². The summed E-state index contributed by atoms with van der Waals surface area (Å²) < 4.78 is 0. The first kappa shape index (κ1) is 12.0. The molecule has 3 heteroatoms. The molecule has 0 aromatic carbocycles. The van der Waals surface area contributed by atoms with E-state index in [1.54, 1.807) is 0 Å². The highest BCUT2D eigenvalue weighted by Crippen LogP contribution is 2.38. The van der Waals surface area contributed by atoms with Crippen molar-refractivity contribution in [1.29, 1.82) is 0 Å². The molecule has 1 amide bonds. The molecule has 3 atom stereocenters. The smallest absolute Gasteiger partial charge is 0.257 e. The zero-order chi connectivity index (χ0) is 12.9. The summed E-state index contributed by atoms with van der Waals surface area (Å²) in [7, 11) is 1.98. The number of rotatable bonds is 0. The van der Waals surface area contributed by atoms with Gasteiger partial charge in [0.05, 0.1) is 11.6 Å². The van der Waals surface area contributed by atoms with Crippen molar-refractivity contribution in [3.63, 3.8) is 0 Å². The largest absolute Gasteiger partial charge is 0.354 e. The minimum absolute atomic E-state index is 0.00125. The Morgan fingerprint density at radius 2 is 1.82 bits per heavy atom. The Balaban J connectivity index is 2.41. The lowest BCUT2D eigenvalue weighted by Gasteiger charge is -2.52. The summed E-state index contributed by atoms with van der Waals surface area (Å²) in [6.45, 7) is 16.1.